The van der Waals surface area contributed by atoms with Crippen molar-refractivity contribution in [2.45, 2.75) is 58.8 Å². The molecule has 0 aliphatic heterocycles. The molecule has 1 aliphatic carbocycles. The Morgan fingerprint density at radius 2 is 1.39 bits per heavy atom. The first kappa shape index (κ1) is 15.0. The monoisotopic (exact) mass is 256 g/mol. The van der Waals surface area contributed by atoms with E-state index in [9.17, 15) is 9.59 Å². The van der Waals surface area contributed by atoms with Crippen molar-refractivity contribution in [1.29, 1.82) is 0 Å². The summed E-state index contributed by atoms with van der Waals surface area (Å²) in [5, 5.41) is 0. The molecule has 1 rings (SSSR count). The van der Waals surface area contributed by atoms with E-state index in [2.05, 4.69) is 0 Å². The van der Waals surface area contributed by atoms with Crippen LogP contribution in [0.5, 0.6) is 0 Å². The summed E-state index contributed by atoms with van der Waals surface area (Å²) in [7, 11) is 0. The molecule has 0 spiro atoms. The second kappa shape index (κ2) is 7.39. The first-order valence-corrected chi connectivity index (χ1v) is 7.02. The Morgan fingerprint density at radius 1 is 0.944 bits per heavy atom. The number of carbonyl (C=O) groups is 2. The Hall–Kier alpha value is -1.06. The molecule has 1 fully saturated rings. The van der Waals surface area contributed by atoms with Crippen LogP contribution in [0.4, 0.5) is 0 Å². The van der Waals surface area contributed by atoms with E-state index in [1.54, 1.807) is 0 Å². The number of unbranched alkanes of at least 4 members (excludes halogenated alkanes) is 2. The third-order valence-electron chi connectivity index (χ3n) is 3.45. The van der Waals surface area contributed by atoms with Crippen LogP contribution in [0.3, 0.4) is 0 Å². The molecule has 18 heavy (non-hydrogen) atoms. The average Bonchev–Trinajstić information content (AvgIpc) is 2.28. The van der Waals surface area contributed by atoms with E-state index in [-0.39, 0.29) is 11.9 Å². The highest BCUT2D eigenvalue weighted by Gasteiger charge is 2.53. The Kier molecular flexibility index (Phi) is 6.16. The molecule has 0 saturated heterocycles. The lowest BCUT2D eigenvalue weighted by molar-refractivity contribution is -0.179. The summed E-state index contributed by atoms with van der Waals surface area (Å²) in [6, 6.07) is 0. The lowest BCUT2D eigenvalue weighted by Crippen LogP contribution is -2.47. The standard InChI is InChI=1S/C14H24O4/c1-3-5-10-17-12(15)14(8-7-9-14)13(16)18-11-6-4-2/h3-11H2,1-2H3. The van der Waals surface area contributed by atoms with Crippen LogP contribution in [-0.4, -0.2) is 25.2 Å². The number of esters is 2. The second-order valence-corrected chi connectivity index (χ2v) is 4.91. The van der Waals surface area contributed by atoms with E-state index in [1.807, 2.05) is 13.8 Å². The van der Waals surface area contributed by atoms with Crippen LogP contribution in [0.25, 0.3) is 0 Å². The molecule has 4 heteroatoms. The van der Waals surface area contributed by atoms with Gasteiger partial charge in [0.15, 0.2) is 5.41 Å². The molecule has 4 nitrogen and oxygen atoms in total. The molecular weight excluding hydrogens is 232 g/mol. The molecule has 0 N–H and O–H groups in total. The maximum Gasteiger partial charge on any atom is 0.323 e. The molecule has 0 radical (unpaired) electrons. The Morgan fingerprint density at radius 3 is 1.67 bits per heavy atom. The SMILES string of the molecule is CCCCOC(=O)C1(C(=O)OCCCC)CCC1. The van der Waals surface area contributed by atoms with Gasteiger partial charge in [-0.2, -0.15) is 0 Å². The van der Waals surface area contributed by atoms with Crippen LogP contribution < -0.4 is 0 Å². The lowest BCUT2D eigenvalue weighted by Gasteiger charge is -2.36. The maximum atomic E-state index is 12.0. The molecule has 0 heterocycles. The van der Waals surface area contributed by atoms with E-state index in [0.717, 1.165) is 32.1 Å². The molecule has 0 aromatic heterocycles. The largest absolute Gasteiger partial charge is 0.465 e. The molecule has 0 aromatic carbocycles. The normalized spacial score (nSPS) is 16.8. The van der Waals surface area contributed by atoms with Crippen molar-refractivity contribution in [3.8, 4) is 0 Å². The van der Waals surface area contributed by atoms with Crippen molar-refractivity contribution in [3.05, 3.63) is 0 Å². The van der Waals surface area contributed by atoms with Gasteiger partial charge in [-0.15, -0.1) is 0 Å². The number of carbonyl (C=O) groups excluding carboxylic acids is 2. The van der Waals surface area contributed by atoms with Crippen LogP contribution in [0.15, 0.2) is 0 Å². The zero-order valence-electron chi connectivity index (χ0n) is 11.5. The predicted molar refractivity (Wildman–Crippen MR) is 68.0 cm³/mol. The van der Waals surface area contributed by atoms with Crippen molar-refractivity contribution < 1.29 is 19.1 Å². The van der Waals surface area contributed by atoms with Gasteiger partial charge in [0.05, 0.1) is 13.2 Å². The van der Waals surface area contributed by atoms with Crippen LogP contribution in [0, 0.1) is 5.41 Å². The highest BCUT2D eigenvalue weighted by molar-refractivity contribution is 6.01. The second-order valence-electron chi connectivity index (χ2n) is 4.91. The first-order chi connectivity index (χ1) is 8.67. The summed E-state index contributed by atoms with van der Waals surface area (Å²) in [4.78, 5) is 23.9. The van der Waals surface area contributed by atoms with Crippen molar-refractivity contribution in [2.24, 2.45) is 5.41 Å². The van der Waals surface area contributed by atoms with Crippen molar-refractivity contribution >= 4 is 11.9 Å². The fourth-order valence-electron chi connectivity index (χ4n) is 1.92. The number of hydrogen-bond acceptors (Lipinski definition) is 4. The minimum absolute atomic E-state index is 0.385. The van der Waals surface area contributed by atoms with Crippen molar-refractivity contribution in [3.63, 3.8) is 0 Å². The molecule has 0 bridgehead atoms. The molecule has 0 aromatic rings. The Bertz CT molecular complexity index is 258. The minimum atomic E-state index is -0.985. The summed E-state index contributed by atoms with van der Waals surface area (Å²) >= 11 is 0. The molecule has 0 amide bonds. The van der Waals surface area contributed by atoms with Crippen LogP contribution in [0.2, 0.25) is 0 Å². The van der Waals surface area contributed by atoms with Crippen molar-refractivity contribution in [2.75, 3.05) is 13.2 Å². The predicted octanol–water partition coefficient (Wildman–Crippen LogP) is 2.84. The first-order valence-electron chi connectivity index (χ1n) is 7.02. The van der Waals surface area contributed by atoms with Gasteiger partial charge in [0, 0.05) is 0 Å². The smallest absolute Gasteiger partial charge is 0.323 e. The highest BCUT2D eigenvalue weighted by atomic mass is 16.6. The lowest BCUT2D eigenvalue weighted by atomic mass is 9.69. The molecule has 1 aliphatic rings. The summed E-state index contributed by atoms with van der Waals surface area (Å²) in [6.07, 6.45) is 5.67. The molecule has 1 saturated carbocycles. The minimum Gasteiger partial charge on any atom is -0.465 e. The van der Waals surface area contributed by atoms with Gasteiger partial charge in [-0.05, 0) is 32.1 Å². The van der Waals surface area contributed by atoms with Gasteiger partial charge in [-0.25, -0.2) is 0 Å². The van der Waals surface area contributed by atoms with Crippen molar-refractivity contribution in [1.82, 2.24) is 0 Å². The van der Waals surface area contributed by atoms with Gasteiger partial charge in [0.2, 0.25) is 0 Å². The van der Waals surface area contributed by atoms with Gasteiger partial charge < -0.3 is 9.47 Å². The highest BCUT2D eigenvalue weighted by Crippen LogP contribution is 2.43. The third-order valence-corrected chi connectivity index (χ3v) is 3.45. The van der Waals surface area contributed by atoms with E-state index < -0.39 is 5.41 Å². The Balaban J connectivity index is 2.45. The fraction of sp³-hybridized carbons (Fsp3) is 0.857. The van der Waals surface area contributed by atoms with Crippen LogP contribution in [0.1, 0.15) is 58.8 Å². The summed E-state index contributed by atoms with van der Waals surface area (Å²) in [5.74, 6) is -0.771. The van der Waals surface area contributed by atoms with E-state index in [1.165, 1.54) is 0 Å². The van der Waals surface area contributed by atoms with Crippen LogP contribution in [-0.2, 0) is 19.1 Å². The zero-order chi connectivity index (χ0) is 13.4. The van der Waals surface area contributed by atoms with Gasteiger partial charge in [0.1, 0.15) is 0 Å². The third kappa shape index (κ3) is 3.47. The van der Waals surface area contributed by atoms with E-state index >= 15 is 0 Å². The molecule has 104 valence electrons. The number of hydrogen-bond donors (Lipinski definition) is 0. The molecule has 0 unspecified atom stereocenters. The zero-order valence-corrected chi connectivity index (χ0v) is 11.5. The van der Waals surface area contributed by atoms with Gasteiger partial charge in [0.25, 0.3) is 0 Å². The van der Waals surface area contributed by atoms with Gasteiger partial charge >= 0.3 is 11.9 Å². The summed E-state index contributed by atoms with van der Waals surface area (Å²) < 4.78 is 10.4. The maximum absolute atomic E-state index is 12.0. The number of rotatable bonds is 8. The average molecular weight is 256 g/mol. The fourth-order valence-corrected chi connectivity index (χ4v) is 1.92. The summed E-state index contributed by atoms with van der Waals surface area (Å²) in [5.41, 5.74) is -0.985. The quantitative estimate of drug-likeness (QED) is 0.381. The van der Waals surface area contributed by atoms with E-state index in [0.29, 0.717) is 26.1 Å². The van der Waals surface area contributed by atoms with Gasteiger partial charge in [-0.1, -0.05) is 26.7 Å². The van der Waals surface area contributed by atoms with Gasteiger partial charge in [-0.3, -0.25) is 9.59 Å². The van der Waals surface area contributed by atoms with Crippen LogP contribution >= 0.6 is 0 Å². The molecular formula is C14H24O4. The molecule has 0 atom stereocenters. The topological polar surface area (TPSA) is 52.6 Å². The number of ether oxygens (including phenoxy) is 2. The Labute approximate surface area is 109 Å². The van der Waals surface area contributed by atoms with E-state index in [4.69, 9.17) is 9.47 Å². The summed E-state index contributed by atoms with van der Waals surface area (Å²) in [6.45, 7) is 4.87.